The zero-order valence-corrected chi connectivity index (χ0v) is 13.3. The summed E-state index contributed by atoms with van der Waals surface area (Å²) in [4.78, 5) is 0. The van der Waals surface area contributed by atoms with Crippen LogP contribution in [0.3, 0.4) is 0 Å². The lowest BCUT2D eigenvalue weighted by molar-refractivity contribution is 0.371. The molecule has 1 aromatic carbocycles. The fourth-order valence-corrected chi connectivity index (χ4v) is 2.72. The fraction of sp³-hybridized carbons (Fsp3) is 0.500. The van der Waals surface area contributed by atoms with Gasteiger partial charge in [0, 0.05) is 18.8 Å². The predicted octanol–water partition coefficient (Wildman–Crippen LogP) is 1.69. The Hall–Kier alpha value is -0.790. The molecule has 0 aromatic heterocycles. The second kappa shape index (κ2) is 7.12. The monoisotopic (exact) mass is 351 g/mol. The van der Waals surface area contributed by atoms with Crippen LogP contribution in [0.2, 0.25) is 0 Å². The van der Waals surface area contributed by atoms with Gasteiger partial charge in [-0.1, -0.05) is 6.92 Å². The number of phenols is 1. The fourth-order valence-electron chi connectivity index (χ4n) is 1.49. The van der Waals surface area contributed by atoms with E-state index in [1.165, 1.54) is 7.11 Å². The van der Waals surface area contributed by atoms with Gasteiger partial charge in [-0.3, -0.25) is 0 Å². The van der Waals surface area contributed by atoms with E-state index in [1.54, 1.807) is 19.1 Å². The number of sulfone groups is 1. The van der Waals surface area contributed by atoms with Gasteiger partial charge in [0.25, 0.3) is 0 Å². The van der Waals surface area contributed by atoms with Gasteiger partial charge in [-0.05, 0) is 33.6 Å². The lowest BCUT2D eigenvalue weighted by Crippen LogP contribution is -2.23. The van der Waals surface area contributed by atoms with Gasteiger partial charge < -0.3 is 15.2 Å². The van der Waals surface area contributed by atoms with Gasteiger partial charge in [-0.15, -0.1) is 0 Å². The normalized spacial score (nSPS) is 11.5. The summed E-state index contributed by atoms with van der Waals surface area (Å²) in [6.45, 7) is 2.54. The molecule has 0 atom stereocenters. The van der Waals surface area contributed by atoms with E-state index in [9.17, 15) is 13.5 Å². The third kappa shape index (κ3) is 5.00. The van der Waals surface area contributed by atoms with Crippen LogP contribution < -0.4 is 10.1 Å². The van der Waals surface area contributed by atoms with Crippen molar-refractivity contribution in [3.05, 3.63) is 22.2 Å². The van der Waals surface area contributed by atoms with E-state index >= 15 is 0 Å². The Morgan fingerprint density at radius 3 is 2.68 bits per heavy atom. The standard InChI is InChI=1S/C12H18BrNO4S/c1-3-19(16,17)5-4-14-8-9-6-10(13)12(15)11(7-9)18-2/h6-7,14-15H,3-5,8H2,1-2H3. The Bertz CT molecular complexity index is 531. The van der Waals surface area contributed by atoms with Crippen LogP contribution in [0.15, 0.2) is 16.6 Å². The largest absolute Gasteiger partial charge is 0.503 e. The minimum Gasteiger partial charge on any atom is -0.503 e. The van der Waals surface area contributed by atoms with Crippen LogP contribution in [0.5, 0.6) is 11.5 Å². The highest BCUT2D eigenvalue weighted by atomic mass is 79.9. The summed E-state index contributed by atoms with van der Waals surface area (Å²) >= 11 is 3.24. The maximum absolute atomic E-state index is 11.3. The average Bonchev–Trinajstić information content (AvgIpc) is 2.38. The van der Waals surface area contributed by atoms with Gasteiger partial charge in [-0.2, -0.15) is 0 Å². The summed E-state index contributed by atoms with van der Waals surface area (Å²) in [6.07, 6.45) is 0. The van der Waals surface area contributed by atoms with Crippen molar-refractivity contribution in [3.63, 3.8) is 0 Å². The average molecular weight is 352 g/mol. The first-order valence-electron chi connectivity index (χ1n) is 5.86. The van der Waals surface area contributed by atoms with Crippen molar-refractivity contribution >= 4 is 25.8 Å². The molecule has 0 aliphatic carbocycles. The molecule has 0 saturated heterocycles. The Balaban J connectivity index is 2.57. The number of hydrogen-bond donors (Lipinski definition) is 2. The van der Waals surface area contributed by atoms with E-state index in [-0.39, 0.29) is 17.3 Å². The minimum absolute atomic E-state index is 0.0554. The second-order valence-electron chi connectivity index (χ2n) is 4.04. The summed E-state index contributed by atoms with van der Waals surface area (Å²) in [6, 6.07) is 3.47. The molecular weight excluding hydrogens is 334 g/mol. The second-order valence-corrected chi connectivity index (χ2v) is 7.37. The molecule has 5 nitrogen and oxygen atoms in total. The summed E-state index contributed by atoms with van der Waals surface area (Å²) in [5.41, 5.74) is 0.899. The number of nitrogens with one attached hydrogen (secondary N) is 1. The summed E-state index contributed by atoms with van der Waals surface area (Å²) in [5, 5.41) is 12.7. The molecule has 0 fully saturated rings. The molecule has 0 aliphatic rings. The van der Waals surface area contributed by atoms with E-state index in [0.717, 1.165) is 5.56 Å². The van der Waals surface area contributed by atoms with Gasteiger partial charge in [-0.25, -0.2) is 8.42 Å². The van der Waals surface area contributed by atoms with E-state index in [2.05, 4.69) is 21.2 Å². The molecule has 19 heavy (non-hydrogen) atoms. The van der Waals surface area contributed by atoms with Gasteiger partial charge in [0.05, 0.1) is 17.3 Å². The number of ether oxygens (including phenoxy) is 1. The van der Waals surface area contributed by atoms with Crippen molar-refractivity contribution in [1.29, 1.82) is 0 Å². The van der Waals surface area contributed by atoms with Crippen molar-refractivity contribution in [2.24, 2.45) is 0 Å². The van der Waals surface area contributed by atoms with E-state index in [1.807, 2.05) is 0 Å². The molecule has 1 rings (SSSR count). The maximum Gasteiger partial charge on any atom is 0.172 e. The van der Waals surface area contributed by atoms with Gasteiger partial charge in [0.1, 0.15) is 0 Å². The highest BCUT2D eigenvalue weighted by Crippen LogP contribution is 2.35. The van der Waals surface area contributed by atoms with Crippen LogP contribution in [0.1, 0.15) is 12.5 Å². The van der Waals surface area contributed by atoms with Crippen LogP contribution >= 0.6 is 15.9 Å². The molecule has 0 radical (unpaired) electrons. The maximum atomic E-state index is 11.3. The zero-order chi connectivity index (χ0) is 14.5. The predicted molar refractivity (Wildman–Crippen MR) is 78.4 cm³/mol. The van der Waals surface area contributed by atoms with Crippen molar-refractivity contribution in [2.75, 3.05) is 25.2 Å². The first kappa shape index (κ1) is 16.3. The Morgan fingerprint density at radius 2 is 2.11 bits per heavy atom. The van der Waals surface area contributed by atoms with Crippen molar-refractivity contribution < 1.29 is 18.3 Å². The first-order chi connectivity index (χ1) is 8.89. The third-order valence-corrected chi connectivity index (χ3v) is 4.98. The van der Waals surface area contributed by atoms with E-state index < -0.39 is 9.84 Å². The molecule has 0 spiro atoms. The molecule has 0 aliphatic heterocycles. The quantitative estimate of drug-likeness (QED) is 0.731. The summed E-state index contributed by atoms with van der Waals surface area (Å²) in [5.74, 6) is 0.722. The molecular formula is C12H18BrNO4S. The van der Waals surface area contributed by atoms with Crippen LogP contribution in [0.25, 0.3) is 0 Å². The van der Waals surface area contributed by atoms with Gasteiger partial charge >= 0.3 is 0 Å². The number of phenolic OH excluding ortho intramolecular Hbond substituents is 1. The molecule has 0 heterocycles. The van der Waals surface area contributed by atoms with Gasteiger partial charge in [0.2, 0.25) is 0 Å². The summed E-state index contributed by atoms with van der Waals surface area (Å²) < 4.78 is 28.2. The van der Waals surface area contributed by atoms with Crippen LogP contribution in [0.4, 0.5) is 0 Å². The number of benzene rings is 1. The lowest BCUT2D eigenvalue weighted by Gasteiger charge is -2.10. The molecule has 0 bridgehead atoms. The van der Waals surface area contributed by atoms with Crippen molar-refractivity contribution in [1.82, 2.24) is 5.32 Å². The number of halogens is 1. The number of aromatic hydroxyl groups is 1. The zero-order valence-electron chi connectivity index (χ0n) is 10.9. The Labute approximate surface area is 122 Å². The number of methoxy groups -OCH3 is 1. The first-order valence-corrected chi connectivity index (χ1v) is 8.47. The summed E-state index contributed by atoms with van der Waals surface area (Å²) in [7, 11) is -1.46. The smallest absolute Gasteiger partial charge is 0.172 e. The number of rotatable bonds is 7. The number of hydrogen-bond acceptors (Lipinski definition) is 5. The van der Waals surface area contributed by atoms with Crippen molar-refractivity contribution in [2.45, 2.75) is 13.5 Å². The van der Waals surface area contributed by atoms with Crippen LogP contribution in [-0.4, -0.2) is 38.7 Å². The lowest BCUT2D eigenvalue weighted by atomic mass is 10.2. The van der Waals surface area contributed by atoms with Crippen LogP contribution in [0, 0.1) is 0 Å². The van der Waals surface area contributed by atoms with Gasteiger partial charge in [0.15, 0.2) is 21.3 Å². The van der Waals surface area contributed by atoms with E-state index in [0.29, 0.717) is 23.3 Å². The molecule has 7 heteroatoms. The highest BCUT2D eigenvalue weighted by Gasteiger charge is 2.09. The molecule has 108 valence electrons. The molecule has 2 N–H and O–H groups in total. The van der Waals surface area contributed by atoms with Crippen LogP contribution in [-0.2, 0) is 16.4 Å². The SMILES string of the molecule is CCS(=O)(=O)CCNCc1cc(Br)c(O)c(OC)c1. The molecule has 0 saturated carbocycles. The molecule has 0 amide bonds. The molecule has 1 aromatic rings. The topological polar surface area (TPSA) is 75.6 Å². The molecule has 0 unspecified atom stereocenters. The van der Waals surface area contributed by atoms with Crippen molar-refractivity contribution in [3.8, 4) is 11.5 Å². The Kier molecular flexibility index (Phi) is 6.09. The third-order valence-electron chi connectivity index (χ3n) is 2.67. The highest BCUT2D eigenvalue weighted by molar-refractivity contribution is 9.10. The minimum atomic E-state index is -2.94. The Morgan fingerprint density at radius 1 is 1.42 bits per heavy atom. The van der Waals surface area contributed by atoms with E-state index in [4.69, 9.17) is 4.74 Å².